The normalized spacial score (nSPS) is 17.4. The highest BCUT2D eigenvalue weighted by molar-refractivity contribution is 5.92. The third-order valence-electron chi connectivity index (χ3n) is 5.20. The summed E-state index contributed by atoms with van der Waals surface area (Å²) in [5.41, 5.74) is 0.761. The van der Waals surface area contributed by atoms with Crippen LogP contribution in [-0.2, 0) is 9.59 Å². The summed E-state index contributed by atoms with van der Waals surface area (Å²) in [5.74, 6) is 2.04. The number of piperidine rings is 1. The lowest BCUT2D eigenvalue weighted by molar-refractivity contribution is -0.135. The van der Waals surface area contributed by atoms with Gasteiger partial charge < -0.3 is 15.0 Å². The first-order chi connectivity index (χ1) is 13.2. The Morgan fingerprint density at radius 3 is 2.07 bits per heavy atom. The summed E-state index contributed by atoms with van der Waals surface area (Å²) in [6, 6.07) is 17.0. The van der Waals surface area contributed by atoms with Crippen molar-refractivity contribution < 1.29 is 14.3 Å². The van der Waals surface area contributed by atoms with Crippen LogP contribution in [0.1, 0.15) is 25.7 Å². The van der Waals surface area contributed by atoms with Crippen molar-refractivity contribution in [3.05, 3.63) is 54.6 Å². The van der Waals surface area contributed by atoms with Gasteiger partial charge >= 0.3 is 0 Å². The van der Waals surface area contributed by atoms with Crippen LogP contribution in [-0.4, -0.2) is 29.8 Å². The molecule has 1 aliphatic heterocycles. The van der Waals surface area contributed by atoms with E-state index in [0.717, 1.165) is 42.9 Å². The molecule has 0 bridgehead atoms. The Hall–Kier alpha value is -2.82. The Balaban J connectivity index is 1.27. The van der Waals surface area contributed by atoms with Crippen LogP contribution >= 0.6 is 0 Å². The Morgan fingerprint density at radius 1 is 0.815 bits per heavy atom. The van der Waals surface area contributed by atoms with E-state index in [1.165, 1.54) is 0 Å². The molecule has 2 aliphatic rings. The molecule has 0 spiro atoms. The van der Waals surface area contributed by atoms with Crippen LogP contribution in [0, 0.1) is 11.8 Å². The van der Waals surface area contributed by atoms with Gasteiger partial charge in [0.2, 0.25) is 11.8 Å². The van der Waals surface area contributed by atoms with Gasteiger partial charge in [-0.1, -0.05) is 18.2 Å². The second-order valence-corrected chi connectivity index (χ2v) is 7.30. The fraction of sp³-hybridized carbons (Fsp3) is 0.364. The van der Waals surface area contributed by atoms with E-state index in [9.17, 15) is 9.59 Å². The second kappa shape index (κ2) is 7.82. The summed E-state index contributed by atoms with van der Waals surface area (Å²) in [6.45, 7) is 1.38. The van der Waals surface area contributed by atoms with Gasteiger partial charge in [-0.25, -0.2) is 0 Å². The van der Waals surface area contributed by atoms with Gasteiger partial charge in [0.15, 0.2) is 0 Å². The third kappa shape index (κ3) is 4.48. The molecule has 0 radical (unpaired) electrons. The number of hydrogen-bond acceptors (Lipinski definition) is 3. The lowest BCUT2D eigenvalue weighted by Crippen LogP contribution is -2.42. The number of nitrogens with one attached hydrogen (secondary N) is 1. The topological polar surface area (TPSA) is 58.6 Å². The van der Waals surface area contributed by atoms with Gasteiger partial charge in [-0.15, -0.1) is 0 Å². The predicted octanol–water partition coefficient (Wildman–Crippen LogP) is 4.07. The number of anilines is 1. The maximum absolute atomic E-state index is 12.5. The van der Waals surface area contributed by atoms with Crippen molar-refractivity contribution in [1.82, 2.24) is 4.90 Å². The van der Waals surface area contributed by atoms with Crippen molar-refractivity contribution in [2.75, 3.05) is 18.4 Å². The highest BCUT2D eigenvalue weighted by Gasteiger charge is 2.35. The highest BCUT2D eigenvalue weighted by atomic mass is 16.5. The molecule has 2 amide bonds. The van der Waals surface area contributed by atoms with Gasteiger partial charge in [0.1, 0.15) is 11.5 Å². The van der Waals surface area contributed by atoms with E-state index in [1.807, 2.05) is 59.5 Å². The molecular weight excluding hydrogens is 340 g/mol. The summed E-state index contributed by atoms with van der Waals surface area (Å²) >= 11 is 0. The SMILES string of the molecule is O=C(Nc1ccc(Oc2ccccc2)cc1)C1CCN(C(=O)C2CC2)CC1. The molecule has 1 saturated carbocycles. The van der Waals surface area contributed by atoms with E-state index in [1.54, 1.807) is 0 Å². The first-order valence-corrected chi connectivity index (χ1v) is 9.61. The molecule has 2 fully saturated rings. The number of amides is 2. The molecule has 0 unspecified atom stereocenters. The van der Waals surface area contributed by atoms with E-state index in [2.05, 4.69) is 5.32 Å². The molecule has 140 valence electrons. The van der Waals surface area contributed by atoms with Gasteiger partial charge in [0.25, 0.3) is 0 Å². The number of para-hydroxylation sites is 1. The number of rotatable bonds is 5. The molecule has 0 aromatic heterocycles. The molecule has 4 rings (SSSR count). The summed E-state index contributed by atoms with van der Waals surface area (Å²) in [6.07, 6.45) is 3.53. The first-order valence-electron chi connectivity index (χ1n) is 9.61. The van der Waals surface area contributed by atoms with Gasteiger partial charge in [-0.3, -0.25) is 9.59 Å². The summed E-state index contributed by atoms with van der Waals surface area (Å²) < 4.78 is 5.76. The molecule has 2 aromatic rings. The Bertz CT molecular complexity index is 792. The molecule has 1 saturated heterocycles. The lowest BCUT2D eigenvalue weighted by atomic mass is 9.95. The van der Waals surface area contributed by atoms with E-state index in [4.69, 9.17) is 4.74 Å². The van der Waals surface area contributed by atoms with Gasteiger partial charge in [-0.2, -0.15) is 0 Å². The minimum atomic E-state index is -0.0338. The van der Waals surface area contributed by atoms with Gasteiger partial charge in [0, 0.05) is 30.6 Å². The first kappa shape index (κ1) is 17.6. The zero-order valence-electron chi connectivity index (χ0n) is 15.3. The second-order valence-electron chi connectivity index (χ2n) is 7.30. The molecular formula is C22H24N2O3. The van der Waals surface area contributed by atoms with Crippen LogP contribution in [0.4, 0.5) is 5.69 Å². The van der Waals surface area contributed by atoms with Crippen molar-refractivity contribution in [2.24, 2.45) is 11.8 Å². The third-order valence-corrected chi connectivity index (χ3v) is 5.20. The number of nitrogens with zero attached hydrogens (tertiary/aromatic N) is 1. The Labute approximate surface area is 159 Å². The highest BCUT2D eigenvalue weighted by Crippen LogP contribution is 2.32. The van der Waals surface area contributed by atoms with Gasteiger partial charge in [0.05, 0.1) is 0 Å². The monoisotopic (exact) mass is 364 g/mol. The van der Waals surface area contributed by atoms with Crippen LogP contribution in [0.15, 0.2) is 54.6 Å². The number of benzene rings is 2. The molecule has 27 heavy (non-hydrogen) atoms. The Morgan fingerprint density at radius 2 is 1.44 bits per heavy atom. The standard InChI is InChI=1S/C22H24N2O3/c25-21(16-12-14-24(15-13-16)22(26)17-6-7-17)23-18-8-10-20(11-9-18)27-19-4-2-1-3-5-19/h1-5,8-11,16-17H,6-7,12-15H2,(H,23,25). The maximum Gasteiger partial charge on any atom is 0.227 e. The molecule has 1 heterocycles. The van der Waals surface area contributed by atoms with Crippen molar-refractivity contribution in [3.63, 3.8) is 0 Å². The number of carbonyl (C=O) groups is 2. The van der Waals surface area contributed by atoms with Crippen LogP contribution in [0.5, 0.6) is 11.5 Å². The van der Waals surface area contributed by atoms with Crippen molar-refractivity contribution >= 4 is 17.5 Å². The molecule has 5 heteroatoms. The predicted molar refractivity (Wildman–Crippen MR) is 104 cm³/mol. The van der Waals surface area contributed by atoms with E-state index in [0.29, 0.717) is 13.1 Å². The summed E-state index contributed by atoms with van der Waals surface area (Å²) in [5, 5.41) is 2.98. The molecule has 1 aliphatic carbocycles. The number of ether oxygens (including phenoxy) is 1. The average Bonchev–Trinajstić information content (AvgIpc) is 3.55. The van der Waals surface area contributed by atoms with Crippen molar-refractivity contribution in [3.8, 4) is 11.5 Å². The van der Waals surface area contributed by atoms with Crippen LogP contribution in [0.25, 0.3) is 0 Å². The number of hydrogen-bond donors (Lipinski definition) is 1. The van der Waals surface area contributed by atoms with Gasteiger partial charge in [-0.05, 0) is 62.1 Å². The van der Waals surface area contributed by atoms with Crippen LogP contribution in [0.3, 0.4) is 0 Å². The van der Waals surface area contributed by atoms with E-state index >= 15 is 0 Å². The fourth-order valence-electron chi connectivity index (χ4n) is 3.43. The number of carbonyl (C=O) groups excluding carboxylic acids is 2. The summed E-state index contributed by atoms with van der Waals surface area (Å²) in [4.78, 5) is 26.6. The Kier molecular flexibility index (Phi) is 5.10. The fourth-order valence-corrected chi connectivity index (χ4v) is 3.43. The molecule has 0 atom stereocenters. The van der Waals surface area contributed by atoms with E-state index in [-0.39, 0.29) is 23.7 Å². The smallest absolute Gasteiger partial charge is 0.227 e. The largest absolute Gasteiger partial charge is 0.457 e. The van der Waals surface area contributed by atoms with Crippen LogP contribution < -0.4 is 10.1 Å². The zero-order chi connectivity index (χ0) is 18.6. The quantitative estimate of drug-likeness (QED) is 0.870. The maximum atomic E-state index is 12.5. The van der Waals surface area contributed by atoms with E-state index < -0.39 is 0 Å². The molecule has 1 N–H and O–H groups in total. The molecule has 5 nitrogen and oxygen atoms in total. The molecule has 2 aromatic carbocycles. The lowest BCUT2D eigenvalue weighted by Gasteiger charge is -2.31. The van der Waals surface area contributed by atoms with Crippen molar-refractivity contribution in [1.29, 1.82) is 0 Å². The minimum Gasteiger partial charge on any atom is -0.457 e. The van der Waals surface area contributed by atoms with Crippen LogP contribution in [0.2, 0.25) is 0 Å². The van der Waals surface area contributed by atoms with Crippen molar-refractivity contribution in [2.45, 2.75) is 25.7 Å². The average molecular weight is 364 g/mol. The zero-order valence-corrected chi connectivity index (χ0v) is 15.3. The minimum absolute atomic E-state index is 0.0326. The summed E-state index contributed by atoms with van der Waals surface area (Å²) in [7, 11) is 0. The number of likely N-dealkylation sites (tertiary alicyclic amines) is 1.